The summed E-state index contributed by atoms with van der Waals surface area (Å²) in [7, 11) is 1.53. The predicted octanol–water partition coefficient (Wildman–Crippen LogP) is 4.84. The van der Waals surface area contributed by atoms with Crippen LogP contribution in [-0.4, -0.2) is 17.1 Å². The van der Waals surface area contributed by atoms with Crippen molar-refractivity contribution in [1.29, 1.82) is 0 Å². The van der Waals surface area contributed by atoms with Crippen molar-refractivity contribution in [1.82, 2.24) is 9.97 Å². The SMILES string of the molecule is COc1cc2nc(-c3ccc(OCc4cccc(F)c4)c(Cl)c3)nc(N)c2cc1N. The summed E-state index contributed by atoms with van der Waals surface area (Å²) in [5, 5.41) is 1.01. The van der Waals surface area contributed by atoms with E-state index < -0.39 is 0 Å². The molecule has 0 spiro atoms. The third-order valence-corrected chi connectivity index (χ3v) is 4.85. The Kier molecular flexibility index (Phi) is 5.29. The largest absolute Gasteiger partial charge is 0.495 e. The number of ether oxygens (including phenoxy) is 2. The third-order valence-electron chi connectivity index (χ3n) is 4.55. The van der Waals surface area contributed by atoms with Crippen molar-refractivity contribution in [3.8, 4) is 22.9 Å². The van der Waals surface area contributed by atoms with Gasteiger partial charge in [-0.25, -0.2) is 14.4 Å². The molecule has 0 aliphatic rings. The normalized spacial score (nSPS) is 10.9. The summed E-state index contributed by atoms with van der Waals surface area (Å²) in [5.41, 5.74) is 14.5. The van der Waals surface area contributed by atoms with Crippen LogP contribution in [0.2, 0.25) is 5.02 Å². The molecule has 1 aromatic heterocycles. The van der Waals surface area contributed by atoms with Crippen molar-refractivity contribution in [3.63, 3.8) is 0 Å². The zero-order chi connectivity index (χ0) is 21.3. The van der Waals surface area contributed by atoms with Gasteiger partial charge in [-0.05, 0) is 42.0 Å². The second kappa shape index (κ2) is 8.04. The Morgan fingerprint density at radius 2 is 1.83 bits per heavy atom. The molecule has 0 saturated heterocycles. The number of anilines is 2. The maximum Gasteiger partial charge on any atom is 0.162 e. The summed E-state index contributed by atoms with van der Waals surface area (Å²) in [6.07, 6.45) is 0. The van der Waals surface area contributed by atoms with E-state index in [0.29, 0.717) is 55.9 Å². The van der Waals surface area contributed by atoms with Crippen LogP contribution in [0.25, 0.3) is 22.3 Å². The molecule has 4 aromatic rings. The topological polar surface area (TPSA) is 96.3 Å². The summed E-state index contributed by atoms with van der Waals surface area (Å²) < 4.78 is 24.3. The lowest BCUT2D eigenvalue weighted by Gasteiger charge is -2.11. The van der Waals surface area contributed by atoms with Gasteiger partial charge in [0.15, 0.2) is 5.82 Å². The van der Waals surface area contributed by atoms with Gasteiger partial charge in [0.25, 0.3) is 0 Å². The number of nitrogens with two attached hydrogens (primary N) is 2. The Hall–Kier alpha value is -3.58. The van der Waals surface area contributed by atoms with E-state index in [-0.39, 0.29) is 12.4 Å². The van der Waals surface area contributed by atoms with E-state index in [0.717, 1.165) is 0 Å². The first-order valence-electron chi connectivity index (χ1n) is 9.02. The van der Waals surface area contributed by atoms with Gasteiger partial charge < -0.3 is 20.9 Å². The molecular weight excluding hydrogens is 407 g/mol. The molecular formula is C22H18ClFN4O2. The third kappa shape index (κ3) is 3.92. The maximum absolute atomic E-state index is 13.3. The second-order valence-electron chi connectivity index (χ2n) is 6.61. The molecule has 0 bridgehead atoms. The number of fused-ring (bicyclic) bond motifs is 1. The smallest absolute Gasteiger partial charge is 0.162 e. The molecule has 0 aliphatic heterocycles. The summed E-state index contributed by atoms with van der Waals surface area (Å²) in [6.45, 7) is 0.192. The molecule has 0 amide bonds. The van der Waals surface area contributed by atoms with Gasteiger partial charge >= 0.3 is 0 Å². The van der Waals surface area contributed by atoms with Gasteiger partial charge in [0.2, 0.25) is 0 Å². The number of nitrogen functional groups attached to an aromatic ring is 2. The van der Waals surface area contributed by atoms with E-state index in [4.69, 9.17) is 32.5 Å². The predicted molar refractivity (Wildman–Crippen MR) is 116 cm³/mol. The number of hydrogen-bond acceptors (Lipinski definition) is 6. The van der Waals surface area contributed by atoms with Crippen LogP contribution in [0.5, 0.6) is 11.5 Å². The highest BCUT2D eigenvalue weighted by molar-refractivity contribution is 6.32. The minimum absolute atomic E-state index is 0.192. The van der Waals surface area contributed by atoms with Crippen LogP contribution < -0.4 is 20.9 Å². The molecule has 0 fully saturated rings. The van der Waals surface area contributed by atoms with Crippen LogP contribution in [0, 0.1) is 5.82 Å². The van der Waals surface area contributed by atoms with Gasteiger partial charge in [-0.2, -0.15) is 0 Å². The zero-order valence-electron chi connectivity index (χ0n) is 16.0. The summed E-state index contributed by atoms with van der Waals surface area (Å²) >= 11 is 6.38. The number of methoxy groups -OCH3 is 1. The van der Waals surface area contributed by atoms with Crippen molar-refractivity contribution < 1.29 is 13.9 Å². The lowest BCUT2D eigenvalue weighted by atomic mass is 10.1. The van der Waals surface area contributed by atoms with E-state index in [1.165, 1.54) is 19.2 Å². The highest BCUT2D eigenvalue weighted by atomic mass is 35.5. The van der Waals surface area contributed by atoms with Crippen molar-refractivity contribution in [2.24, 2.45) is 0 Å². The number of nitrogens with zero attached hydrogens (tertiary/aromatic N) is 2. The van der Waals surface area contributed by atoms with Crippen LogP contribution in [-0.2, 0) is 6.61 Å². The van der Waals surface area contributed by atoms with E-state index in [2.05, 4.69) is 9.97 Å². The Morgan fingerprint density at radius 1 is 1.00 bits per heavy atom. The molecule has 3 aromatic carbocycles. The molecule has 0 aliphatic carbocycles. The van der Waals surface area contributed by atoms with Crippen LogP contribution in [0.15, 0.2) is 54.6 Å². The molecule has 0 unspecified atom stereocenters. The number of hydrogen-bond donors (Lipinski definition) is 2. The number of benzene rings is 3. The molecule has 0 radical (unpaired) electrons. The molecule has 4 N–H and O–H groups in total. The lowest BCUT2D eigenvalue weighted by molar-refractivity contribution is 0.306. The van der Waals surface area contributed by atoms with E-state index >= 15 is 0 Å². The molecule has 0 saturated carbocycles. The maximum atomic E-state index is 13.3. The molecule has 8 heteroatoms. The second-order valence-corrected chi connectivity index (χ2v) is 7.01. The first kappa shape index (κ1) is 19.7. The monoisotopic (exact) mass is 424 g/mol. The number of rotatable bonds is 5. The van der Waals surface area contributed by atoms with Crippen LogP contribution in [0.3, 0.4) is 0 Å². The van der Waals surface area contributed by atoms with Crippen molar-refractivity contribution in [2.45, 2.75) is 6.61 Å². The highest BCUT2D eigenvalue weighted by Gasteiger charge is 2.13. The molecule has 4 rings (SSSR count). The number of halogens is 2. The Morgan fingerprint density at radius 3 is 2.57 bits per heavy atom. The van der Waals surface area contributed by atoms with Gasteiger partial charge in [-0.3, -0.25) is 0 Å². The average molecular weight is 425 g/mol. The Labute approximate surface area is 177 Å². The molecule has 152 valence electrons. The quantitative estimate of drug-likeness (QED) is 0.445. The van der Waals surface area contributed by atoms with E-state index in [1.807, 2.05) is 0 Å². The number of aromatic nitrogens is 2. The van der Waals surface area contributed by atoms with Crippen LogP contribution in [0.1, 0.15) is 5.56 Å². The van der Waals surface area contributed by atoms with Crippen molar-refractivity contribution in [3.05, 3.63) is 71.0 Å². The summed E-state index contributed by atoms with van der Waals surface area (Å²) in [5.74, 6) is 1.36. The van der Waals surface area contributed by atoms with Crippen molar-refractivity contribution in [2.75, 3.05) is 18.6 Å². The summed E-state index contributed by atoms with van der Waals surface area (Å²) in [4.78, 5) is 8.93. The minimum atomic E-state index is -0.318. The van der Waals surface area contributed by atoms with Gasteiger partial charge in [-0.1, -0.05) is 23.7 Å². The van der Waals surface area contributed by atoms with Crippen LogP contribution >= 0.6 is 11.6 Å². The highest BCUT2D eigenvalue weighted by Crippen LogP contribution is 2.33. The average Bonchev–Trinajstić information content (AvgIpc) is 2.73. The zero-order valence-corrected chi connectivity index (χ0v) is 16.8. The lowest BCUT2D eigenvalue weighted by Crippen LogP contribution is -2.01. The first-order valence-corrected chi connectivity index (χ1v) is 9.40. The fourth-order valence-electron chi connectivity index (χ4n) is 3.05. The van der Waals surface area contributed by atoms with E-state index in [9.17, 15) is 4.39 Å². The molecule has 6 nitrogen and oxygen atoms in total. The van der Waals surface area contributed by atoms with Gasteiger partial charge in [0.05, 0.1) is 23.3 Å². The molecule has 30 heavy (non-hydrogen) atoms. The molecule has 1 heterocycles. The van der Waals surface area contributed by atoms with E-state index in [1.54, 1.807) is 42.5 Å². The first-order chi connectivity index (χ1) is 14.4. The standard InChI is InChI=1S/C22H18ClFN4O2/c1-29-20-10-18-15(9-17(20)25)21(26)28-22(27-18)13-5-6-19(16(23)8-13)30-11-12-3-2-4-14(24)7-12/h2-10H,11,25H2,1H3,(H2,26,27,28). The van der Waals surface area contributed by atoms with Gasteiger partial charge in [0, 0.05) is 17.0 Å². The van der Waals surface area contributed by atoms with Gasteiger partial charge in [-0.15, -0.1) is 0 Å². The Balaban J connectivity index is 1.63. The summed E-state index contributed by atoms with van der Waals surface area (Å²) in [6, 6.07) is 14.8. The minimum Gasteiger partial charge on any atom is -0.495 e. The van der Waals surface area contributed by atoms with Crippen LogP contribution in [0.4, 0.5) is 15.9 Å². The molecule has 0 atom stereocenters. The fourth-order valence-corrected chi connectivity index (χ4v) is 3.28. The van der Waals surface area contributed by atoms with Crippen molar-refractivity contribution >= 4 is 34.0 Å². The fraction of sp³-hybridized carbons (Fsp3) is 0.0909. The van der Waals surface area contributed by atoms with Gasteiger partial charge in [0.1, 0.15) is 29.7 Å². The Bertz CT molecular complexity index is 1250.